The molecular weight excluding hydrogens is 604 g/mol. The van der Waals surface area contributed by atoms with Crippen molar-refractivity contribution in [2.45, 2.75) is 76.3 Å². The van der Waals surface area contributed by atoms with Crippen molar-refractivity contribution in [2.75, 3.05) is 13.2 Å². The fraction of sp³-hybridized carbons (Fsp3) is 0.371. The van der Waals surface area contributed by atoms with Gasteiger partial charge in [0.25, 0.3) is 10.0 Å². The summed E-state index contributed by atoms with van der Waals surface area (Å²) in [4.78, 5) is 17.1. The van der Waals surface area contributed by atoms with Crippen molar-refractivity contribution in [1.82, 2.24) is 10.0 Å². The van der Waals surface area contributed by atoms with Gasteiger partial charge in [0.15, 0.2) is 0 Å². The Morgan fingerprint density at radius 2 is 1.70 bits per heavy atom. The molecule has 11 heteroatoms. The first kappa shape index (κ1) is 32.9. The number of rotatable bonds is 10. The van der Waals surface area contributed by atoms with E-state index in [4.69, 9.17) is 15.2 Å². The van der Waals surface area contributed by atoms with Gasteiger partial charge in [0.1, 0.15) is 23.7 Å². The number of aliphatic hydroxyl groups excluding tert-OH is 1. The summed E-state index contributed by atoms with van der Waals surface area (Å²) in [5, 5.41) is 12.8. The van der Waals surface area contributed by atoms with Crippen molar-refractivity contribution in [3.05, 3.63) is 94.2 Å². The van der Waals surface area contributed by atoms with E-state index < -0.39 is 27.8 Å². The number of hydrogen-bond acceptors (Lipinski definition) is 7. The van der Waals surface area contributed by atoms with E-state index in [2.05, 4.69) is 33.7 Å². The molecular formula is C35H42N4O6S. The highest BCUT2D eigenvalue weighted by atomic mass is 32.2. The molecule has 1 amide bonds. The minimum absolute atomic E-state index is 0.0940. The number of benzene rings is 3. The minimum Gasteiger partial charge on any atom is -0.511 e. The molecule has 3 aromatic rings. The number of amides is 1. The summed E-state index contributed by atoms with van der Waals surface area (Å²) in [5.41, 5.74) is 12.9. The molecule has 0 spiro atoms. The SMILES string of the molecule is C=C(O)[C@H](CCCN=C(N)NS(=O)(=O)c1c(C)c(C)c2c(c1C)CC(C)(C)O2)NC(=O)OCC1c2ccccc2-c2ccccc21. The van der Waals surface area contributed by atoms with Crippen LogP contribution in [0.1, 0.15) is 66.0 Å². The molecule has 0 saturated carbocycles. The van der Waals surface area contributed by atoms with E-state index >= 15 is 0 Å². The quantitative estimate of drug-likeness (QED) is 0.0958. The number of carbonyl (C=O) groups is 1. The van der Waals surface area contributed by atoms with Crippen LogP contribution < -0.4 is 20.5 Å². The van der Waals surface area contributed by atoms with Crippen LogP contribution in [0.15, 0.2) is 70.8 Å². The van der Waals surface area contributed by atoms with E-state index in [1.54, 1.807) is 13.8 Å². The number of nitrogens with one attached hydrogen (secondary N) is 2. The summed E-state index contributed by atoms with van der Waals surface area (Å²) in [5.74, 6) is 0.171. The average molecular weight is 647 g/mol. The molecule has 1 atom stereocenters. The number of nitrogens with two attached hydrogens (primary N) is 1. The highest BCUT2D eigenvalue weighted by molar-refractivity contribution is 7.90. The van der Waals surface area contributed by atoms with Crippen LogP contribution in [-0.2, 0) is 21.2 Å². The van der Waals surface area contributed by atoms with E-state index in [0.29, 0.717) is 24.0 Å². The Morgan fingerprint density at radius 3 is 2.30 bits per heavy atom. The maximum Gasteiger partial charge on any atom is 0.407 e. The number of alkyl carbamates (subject to hydrolysis) is 1. The summed E-state index contributed by atoms with van der Waals surface area (Å²) in [7, 11) is -4.02. The Morgan fingerprint density at radius 1 is 1.09 bits per heavy atom. The maximum absolute atomic E-state index is 13.4. The summed E-state index contributed by atoms with van der Waals surface area (Å²) in [6.45, 7) is 13.2. The standard InChI is InChI=1S/C35H42N4O6S/c1-20-21(2)32(22(3)28-18-35(5,6)45-31(20)28)46(42,43)39-33(36)37-17-11-16-30(23(4)40)38-34(41)44-19-29-26-14-9-7-12-24(26)25-13-8-10-15-27(25)29/h7-10,12-15,29-30,40H,4,11,16-19H2,1-3,5-6H3,(H,38,41)(H3,36,37,39)/t30-/m0/s1. The molecule has 0 aromatic heterocycles. The van der Waals surface area contributed by atoms with Gasteiger partial charge in [-0.15, -0.1) is 0 Å². The van der Waals surface area contributed by atoms with Crippen LogP contribution in [0.5, 0.6) is 5.75 Å². The fourth-order valence-corrected chi connectivity index (χ4v) is 7.99. The third kappa shape index (κ3) is 6.55. The first-order valence-electron chi connectivity index (χ1n) is 15.3. The lowest BCUT2D eigenvalue weighted by atomic mass is 9.94. The lowest BCUT2D eigenvalue weighted by molar-refractivity contribution is 0.136. The highest BCUT2D eigenvalue weighted by Crippen LogP contribution is 2.45. The molecule has 10 nitrogen and oxygen atoms in total. The van der Waals surface area contributed by atoms with Crippen LogP contribution in [0.3, 0.4) is 0 Å². The zero-order chi connectivity index (χ0) is 33.4. The number of guanidine groups is 1. The van der Waals surface area contributed by atoms with Gasteiger partial charge in [0, 0.05) is 24.4 Å². The normalized spacial score (nSPS) is 15.7. The van der Waals surface area contributed by atoms with Crippen LogP contribution >= 0.6 is 0 Å². The smallest absolute Gasteiger partial charge is 0.407 e. The number of ether oxygens (including phenoxy) is 2. The van der Waals surface area contributed by atoms with E-state index in [9.17, 15) is 18.3 Å². The second kappa shape index (κ2) is 12.7. The number of aliphatic imine (C=N–C) groups is 1. The Balaban J connectivity index is 1.16. The molecule has 3 aromatic carbocycles. The van der Waals surface area contributed by atoms with E-state index in [1.807, 2.05) is 57.2 Å². The molecule has 0 saturated heterocycles. The number of nitrogens with zero attached hydrogens (tertiary/aromatic N) is 1. The van der Waals surface area contributed by atoms with Crippen molar-refractivity contribution < 1.29 is 27.8 Å². The van der Waals surface area contributed by atoms with Gasteiger partial charge in [-0.05, 0) is 86.4 Å². The second-order valence-corrected chi connectivity index (χ2v) is 14.2. The molecule has 2 aliphatic rings. The highest BCUT2D eigenvalue weighted by Gasteiger charge is 2.37. The van der Waals surface area contributed by atoms with Crippen LogP contribution in [0.4, 0.5) is 4.79 Å². The van der Waals surface area contributed by atoms with E-state index in [0.717, 1.165) is 39.1 Å². The molecule has 46 heavy (non-hydrogen) atoms. The molecule has 0 bridgehead atoms. The molecule has 0 fully saturated rings. The maximum atomic E-state index is 13.4. The van der Waals surface area contributed by atoms with Gasteiger partial charge in [0.05, 0.1) is 10.9 Å². The molecule has 0 radical (unpaired) electrons. The molecule has 1 aliphatic heterocycles. The van der Waals surface area contributed by atoms with Gasteiger partial charge >= 0.3 is 6.09 Å². The predicted octanol–water partition coefficient (Wildman–Crippen LogP) is 5.68. The fourth-order valence-electron chi connectivity index (χ4n) is 6.47. The lowest BCUT2D eigenvalue weighted by Crippen LogP contribution is -2.38. The summed E-state index contributed by atoms with van der Waals surface area (Å²) in [6, 6.07) is 15.3. The van der Waals surface area contributed by atoms with Crippen molar-refractivity contribution in [3.8, 4) is 16.9 Å². The third-order valence-corrected chi connectivity index (χ3v) is 10.4. The Hall–Kier alpha value is -4.51. The topological polar surface area (TPSA) is 152 Å². The van der Waals surface area contributed by atoms with Crippen molar-refractivity contribution in [3.63, 3.8) is 0 Å². The zero-order valence-corrected chi connectivity index (χ0v) is 27.8. The third-order valence-electron chi connectivity index (χ3n) is 8.77. The monoisotopic (exact) mass is 646 g/mol. The summed E-state index contributed by atoms with van der Waals surface area (Å²) in [6.07, 6.45) is 0.574. The van der Waals surface area contributed by atoms with Crippen molar-refractivity contribution >= 4 is 22.1 Å². The molecule has 0 unspecified atom stereocenters. The van der Waals surface area contributed by atoms with Crippen LogP contribution in [0.2, 0.25) is 0 Å². The first-order valence-corrected chi connectivity index (χ1v) is 16.8. The van der Waals surface area contributed by atoms with Gasteiger partial charge in [-0.25, -0.2) is 17.9 Å². The van der Waals surface area contributed by atoms with Crippen LogP contribution in [0.25, 0.3) is 11.1 Å². The van der Waals surface area contributed by atoms with Gasteiger partial charge < -0.3 is 25.6 Å². The number of fused-ring (bicyclic) bond motifs is 4. The number of sulfonamides is 1. The van der Waals surface area contributed by atoms with Gasteiger partial charge in [-0.1, -0.05) is 55.1 Å². The number of aliphatic hydroxyl groups is 1. The average Bonchev–Trinajstić information content (AvgIpc) is 3.50. The predicted molar refractivity (Wildman–Crippen MR) is 179 cm³/mol. The lowest BCUT2D eigenvalue weighted by Gasteiger charge is -2.19. The molecule has 1 aliphatic carbocycles. The van der Waals surface area contributed by atoms with Crippen molar-refractivity contribution in [1.29, 1.82) is 0 Å². The number of carbonyl (C=O) groups excluding carboxylic acids is 1. The van der Waals surface area contributed by atoms with Gasteiger partial charge in [-0.3, -0.25) is 4.99 Å². The van der Waals surface area contributed by atoms with Crippen molar-refractivity contribution in [2.24, 2.45) is 10.7 Å². The largest absolute Gasteiger partial charge is 0.511 e. The van der Waals surface area contributed by atoms with E-state index in [1.165, 1.54) is 0 Å². The van der Waals surface area contributed by atoms with Crippen LogP contribution in [0, 0.1) is 20.8 Å². The number of hydrogen-bond donors (Lipinski definition) is 4. The molecule has 1 heterocycles. The Kier molecular flexibility index (Phi) is 9.08. The van der Waals surface area contributed by atoms with E-state index in [-0.39, 0.29) is 42.1 Å². The molecule has 244 valence electrons. The van der Waals surface area contributed by atoms with Crippen LogP contribution in [-0.4, -0.2) is 50.4 Å². The minimum atomic E-state index is -4.02. The van der Waals surface area contributed by atoms with Gasteiger partial charge in [-0.2, -0.15) is 0 Å². The molecule has 5 rings (SSSR count). The summed E-state index contributed by atoms with van der Waals surface area (Å²) < 4.78 is 40.9. The second-order valence-electron chi connectivity index (χ2n) is 12.6. The first-order chi connectivity index (χ1) is 21.7. The molecule has 5 N–H and O–H groups in total. The zero-order valence-electron chi connectivity index (χ0n) is 26.9. The summed E-state index contributed by atoms with van der Waals surface area (Å²) >= 11 is 0. The Labute approximate surface area is 270 Å². The van der Waals surface area contributed by atoms with Gasteiger partial charge in [0.2, 0.25) is 5.96 Å². The Bertz CT molecular complexity index is 1790.